The van der Waals surface area contributed by atoms with E-state index in [2.05, 4.69) is 31.4 Å². The predicted molar refractivity (Wildman–Crippen MR) is 111 cm³/mol. The van der Waals surface area contributed by atoms with E-state index in [-0.39, 0.29) is 12.5 Å². The number of benzene rings is 2. The zero-order chi connectivity index (χ0) is 19.5. The van der Waals surface area contributed by atoms with Crippen molar-refractivity contribution < 1.29 is 14.3 Å². The van der Waals surface area contributed by atoms with Crippen molar-refractivity contribution in [3.05, 3.63) is 48.5 Å². The molecule has 2 rings (SSSR count). The van der Waals surface area contributed by atoms with Gasteiger partial charge in [-0.15, -0.1) is 0 Å². The molecule has 0 aromatic heterocycles. The lowest BCUT2D eigenvalue weighted by molar-refractivity contribution is -0.114. The van der Waals surface area contributed by atoms with Crippen LogP contribution in [0.15, 0.2) is 48.5 Å². The second-order valence-electron chi connectivity index (χ2n) is 6.83. The Balaban J connectivity index is 1.78. The topological polar surface area (TPSA) is 59.6 Å². The minimum absolute atomic E-state index is 0.111. The first-order valence-electron chi connectivity index (χ1n) is 9.56. The van der Waals surface area contributed by atoms with E-state index in [1.165, 1.54) is 0 Å². The summed E-state index contributed by atoms with van der Waals surface area (Å²) in [5.41, 5.74) is 1.60. The number of carbonyl (C=O) groups is 1. The molecule has 2 aromatic carbocycles. The molecule has 0 spiro atoms. The predicted octanol–water partition coefficient (Wildman–Crippen LogP) is 4.95. The number of hydrogen-bond acceptors (Lipinski definition) is 4. The number of carbonyl (C=O) groups excluding carboxylic acids is 1. The Morgan fingerprint density at radius 3 is 2.41 bits per heavy atom. The molecular formula is C22H30N2O3. The van der Waals surface area contributed by atoms with Crippen molar-refractivity contribution in [3.8, 4) is 11.5 Å². The Morgan fingerprint density at radius 1 is 0.963 bits per heavy atom. The van der Waals surface area contributed by atoms with Gasteiger partial charge in [0.25, 0.3) is 0 Å². The smallest absolute Gasteiger partial charge is 0.243 e. The average Bonchev–Trinajstić information content (AvgIpc) is 2.65. The van der Waals surface area contributed by atoms with Crippen molar-refractivity contribution in [1.29, 1.82) is 0 Å². The second kappa shape index (κ2) is 11.1. The van der Waals surface area contributed by atoms with Crippen LogP contribution in [0.1, 0.15) is 33.6 Å². The van der Waals surface area contributed by atoms with Crippen LogP contribution in [0.25, 0.3) is 0 Å². The molecule has 0 aliphatic rings. The summed E-state index contributed by atoms with van der Waals surface area (Å²) in [6, 6.07) is 15.1. The first-order valence-corrected chi connectivity index (χ1v) is 9.56. The highest BCUT2D eigenvalue weighted by molar-refractivity contribution is 5.93. The normalized spacial score (nSPS) is 10.5. The van der Waals surface area contributed by atoms with Gasteiger partial charge >= 0.3 is 0 Å². The van der Waals surface area contributed by atoms with Crippen LogP contribution in [0.2, 0.25) is 0 Å². The maximum Gasteiger partial charge on any atom is 0.243 e. The highest BCUT2D eigenvalue weighted by Crippen LogP contribution is 2.18. The summed E-state index contributed by atoms with van der Waals surface area (Å²) >= 11 is 0. The molecule has 0 saturated carbocycles. The first-order chi connectivity index (χ1) is 13.1. The van der Waals surface area contributed by atoms with Crippen LogP contribution in [0.5, 0.6) is 11.5 Å². The fourth-order valence-corrected chi connectivity index (χ4v) is 2.35. The molecular weight excluding hydrogens is 340 g/mol. The van der Waals surface area contributed by atoms with Gasteiger partial charge in [0.2, 0.25) is 5.91 Å². The van der Waals surface area contributed by atoms with Gasteiger partial charge in [-0.3, -0.25) is 4.79 Å². The average molecular weight is 370 g/mol. The first kappa shape index (κ1) is 20.6. The van der Waals surface area contributed by atoms with Crippen LogP contribution in [-0.4, -0.2) is 25.7 Å². The molecule has 0 radical (unpaired) electrons. The van der Waals surface area contributed by atoms with Crippen molar-refractivity contribution in [2.24, 2.45) is 5.92 Å². The second-order valence-corrected chi connectivity index (χ2v) is 6.83. The van der Waals surface area contributed by atoms with Crippen LogP contribution in [0.3, 0.4) is 0 Å². The van der Waals surface area contributed by atoms with Crippen molar-refractivity contribution >= 4 is 17.3 Å². The highest BCUT2D eigenvalue weighted by Gasteiger charge is 2.04. The number of nitrogens with one attached hydrogen (secondary N) is 2. The lowest BCUT2D eigenvalue weighted by Gasteiger charge is -2.11. The maximum atomic E-state index is 12.2. The Labute approximate surface area is 162 Å². The van der Waals surface area contributed by atoms with Gasteiger partial charge in [-0.25, -0.2) is 0 Å². The van der Waals surface area contributed by atoms with Gasteiger partial charge in [-0.05, 0) is 55.2 Å². The third-order valence-corrected chi connectivity index (χ3v) is 3.86. The molecule has 0 saturated heterocycles. The summed E-state index contributed by atoms with van der Waals surface area (Å²) < 4.78 is 11.3. The van der Waals surface area contributed by atoms with E-state index in [0.29, 0.717) is 19.1 Å². The Kier molecular flexibility index (Phi) is 8.49. The molecule has 27 heavy (non-hydrogen) atoms. The fourth-order valence-electron chi connectivity index (χ4n) is 2.35. The van der Waals surface area contributed by atoms with Gasteiger partial charge < -0.3 is 20.1 Å². The number of ether oxygens (including phenoxy) is 2. The zero-order valence-electron chi connectivity index (χ0n) is 16.5. The lowest BCUT2D eigenvalue weighted by Crippen LogP contribution is -2.21. The molecule has 0 aliphatic carbocycles. The number of hydrogen-bond donors (Lipinski definition) is 2. The van der Waals surface area contributed by atoms with Gasteiger partial charge in [-0.1, -0.05) is 26.8 Å². The quantitative estimate of drug-likeness (QED) is 0.587. The summed E-state index contributed by atoms with van der Waals surface area (Å²) in [7, 11) is 0. The van der Waals surface area contributed by atoms with E-state index in [1.807, 2.05) is 48.5 Å². The van der Waals surface area contributed by atoms with Crippen LogP contribution in [0.4, 0.5) is 11.4 Å². The Morgan fingerprint density at radius 2 is 1.70 bits per heavy atom. The third-order valence-electron chi connectivity index (χ3n) is 3.86. The van der Waals surface area contributed by atoms with Gasteiger partial charge in [0.05, 0.1) is 19.8 Å². The van der Waals surface area contributed by atoms with Gasteiger partial charge in [0, 0.05) is 17.4 Å². The van der Waals surface area contributed by atoms with Crippen molar-refractivity contribution in [1.82, 2.24) is 0 Å². The Hall–Kier alpha value is -2.69. The molecule has 0 bridgehead atoms. The van der Waals surface area contributed by atoms with Crippen LogP contribution < -0.4 is 20.1 Å². The van der Waals surface area contributed by atoms with Crippen LogP contribution in [0, 0.1) is 5.92 Å². The summed E-state index contributed by atoms with van der Waals surface area (Å²) in [5.74, 6) is 2.09. The van der Waals surface area contributed by atoms with Crippen LogP contribution in [-0.2, 0) is 4.79 Å². The summed E-state index contributed by atoms with van der Waals surface area (Å²) in [6.45, 7) is 7.97. The highest BCUT2D eigenvalue weighted by atomic mass is 16.5. The van der Waals surface area contributed by atoms with E-state index in [1.54, 1.807) is 0 Å². The van der Waals surface area contributed by atoms with E-state index < -0.39 is 0 Å². The van der Waals surface area contributed by atoms with Crippen molar-refractivity contribution in [2.75, 3.05) is 30.4 Å². The minimum Gasteiger partial charge on any atom is -0.494 e. The molecule has 0 heterocycles. The SMILES string of the molecule is CCCOc1ccc(NCC(=O)Nc2cccc(OCCC(C)C)c2)cc1. The standard InChI is InChI=1S/C22H30N2O3/c1-4-13-26-20-10-8-18(9-11-20)23-16-22(25)24-19-6-5-7-21(15-19)27-14-12-17(2)3/h5-11,15,17,23H,4,12-14,16H2,1-3H3,(H,24,25). The number of rotatable bonds is 11. The largest absolute Gasteiger partial charge is 0.494 e. The van der Waals surface area contributed by atoms with Gasteiger partial charge in [0.15, 0.2) is 0 Å². The minimum atomic E-state index is -0.111. The summed E-state index contributed by atoms with van der Waals surface area (Å²) in [4.78, 5) is 12.2. The summed E-state index contributed by atoms with van der Waals surface area (Å²) in [5, 5.41) is 6.00. The molecule has 5 nitrogen and oxygen atoms in total. The number of anilines is 2. The molecule has 0 unspecified atom stereocenters. The van der Waals surface area contributed by atoms with E-state index in [9.17, 15) is 4.79 Å². The molecule has 1 amide bonds. The third kappa shape index (κ3) is 8.03. The van der Waals surface area contributed by atoms with E-state index in [4.69, 9.17) is 9.47 Å². The maximum absolute atomic E-state index is 12.2. The molecule has 2 aromatic rings. The van der Waals surface area contributed by atoms with Gasteiger partial charge in [-0.2, -0.15) is 0 Å². The molecule has 0 atom stereocenters. The Bertz CT molecular complexity index is 699. The van der Waals surface area contributed by atoms with Crippen LogP contribution >= 0.6 is 0 Å². The fraction of sp³-hybridized carbons (Fsp3) is 0.409. The van der Waals surface area contributed by atoms with Crippen molar-refractivity contribution in [3.63, 3.8) is 0 Å². The molecule has 5 heteroatoms. The van der Waals surface area contributed by atoms with Gasteiger partial charge in [0.1, 0.15) is 11.5 Å². The molecule has 2 N–H and O–H groups in total. The molecule has 0 fully saturated rings. The van der Waals surface area contributed by atoms with Crippen molar-refractivity contribution in [2.45, 2.75) is 33.6 Å². The zero-order valence-corrected chi connectivity index (χ0v) is 16.5. The van der Waals surface area contributed by atoms with E-state index in [0.717, 1.165) is 35.7 Å². The number of amides is 1. The monoisotopic (exact) mass is 370 g/mol. The van der Waals surface area contributed by atoms with E-state index >= 15 is 0 Å². The molecule has 146 valence electrons. The summed E-state index contributed by atoms with van der Waals surface area (Å²) in [6.07, 6.45) is 1.98. The molecule has 0 aliphatic heterocycles. The lowest BCUT2D eigenvalue weighted by atomic mass is 10.1.